The third-order valence-corrected chi connectivity index (χ3v) is 13.7. The van der Waals surface area contributed by atoms with Gasteiger partial charge in [-0.25, -0.2) is 0 Å². The average Bonchev–Trinajstić information content (AvgIpc) is 0.710. The van der Waals surface area contributed by atoms with E-state index in [0.29, 0.717) is 5.69 Å². The van der Waals surface area contributed by atoms with Crippen LogP contribution in [0.25, 0.3) is 0 Å². The summed E-state index contributed by atoms with van der Waals surface area (Å²) in [7, 11) is 0. The molecule has 0 aliphatic heterocycles. The van der Waals surface area contributed by atoms with E-state index >= 15 is 0 Å². The first kappa shape index (κ1) is 148. The van der Waals surface area contributed by atoms with Crippen molar-refractivity contribution in [2.45, 2.75) is 97.9 Å². The van der Waals surface area contributed by atoms with E-state index in [1.165, 1.54) is 66.7 Å². The first-order chi connectivity index (χ1) is 50.2. The van der Waals surface area contributed by atoms with Gasteiger partial charge in [0, 0.05) is 11.4 Å². The van der Waals surface area contributed by atoms with Crippen molar-refractivity contribution in [3.63, 3.8) is 0 Å². The molecule has 0 spiro atoms. The standard InChI is InChI=1S/C17H13N3O4.2C11H7ClN2O4.C7H8N2O2.C6H7N.C4Cl2O2.C4H2O4.6C2H6.2CH4.HI.8Rb.8H/c18-17(24)10-7-4-8-11(14(10)21)20-13-12(15(22)16(13)23)19-9-5-2-1-3-6-9;2*12-6-7(10(17)9(6)16)14-5-3-1-2-4(8(5)15)11(13)18;8-5-3-1-2-4(6(5)10)7(9)11;7-6-4-2-1-3-5-6;2*5-1-2(6)4(8)3(1)7;6*1-2;;;;;;;;;;;;;;;;;;;/h1-8,19-21H,(H2,18,24);2*1-3,14-15H,(H2,13,18);1-3,10H,8H2,(H2,9,11);1-5H,7H2;;5-6H;6*1-2H3;2*1H4;1H;;;;;;;;;;;;;;;;/q;;;;;;;;;;;;;;;;8*+1;8*-1. The van der Waals surface area contributed by atoms with Gasteiger partial charge in [0.2, 0.25) is 33.2 Å². The molecule has 117 heavy (non-hydrogen) atoms. The number of amides is 4. The number of hydrogen-bond acceptors (Lipinski definition) is 26. The summed E-state index contributed by atoms with van der Waals surface area (Å²) in [5.41, 5.74) is 24.5. The summed E-state index contributed by atoms with van der Waals surface area (Å²) < 4.78 is 0. The fraction of sp³-hybridized carbons (Fsp3) is 0.189. The Morgan fingerprint density at radius 2 is 0.504 bits per heavy atom. The molecule has 0 bridgehead atoms. The number of para-hydroxylation sites is 6. The molecule has 11 aromatic rings. The number of hydrogen-bond donors (Lipinski definition) is 16. The molecule has 4 amide bonds. The van der Waals surface area contributed by atoms with Crippen LogP contribution in [0.4, 0.5) is 56.9 Å². The third-order valence-electron chi connectivity index (χ3n) is 12.1. The summed E-state index contributed by atoms with van der Waals surface area (Å²) in [5.74, 6) is -6.21. The first-order valence-electron chi connectivity index (χ1n) is 31.5. The second-order valence-corrected chi connectivity index (χ2v) is 19.8. The summed E-state index contributed by atoms with van der Waals surface area (Å²) in [6, 6.07) is 35.5. The molecule has 43 heteroatoms. The van der Waals surface area contributed by atoms with Gasteiger partial charge < -0.3 is 97.7 Å². The number of primary amides is 4. The van der Waals surface area contributed by atoms with Crippen LogP contribution < -0.4 is 575 Å². The molecule has 0 atom stereocenters. The Hall–Kier alpha value is 2.53. The van der Waals surface area contributed by atoms with Gasteiger partial charge in [-0.05, 0) is 72.8 Å². The molecular weight excluding hydrogens is 2300 g/mol. The maximum atomic E-state index is 11.8. The topological polar surface area (TPSA) is 565 Å². The molecule has 0 fully saturated rings. The molecule has 0 saturated heterocycles. The summed E-state index contributed by atoms with van der Waals surface area (Å²) >= 11 is 21.3. The number of nitrogen functional groups attached to an aromatic ring is 2. The number of rotatable bonds is 12. The zero-order chi connectivity index (χ0) is 82.3. The van der Waals surface area contributed by atoms with E-state index in [1.807, 2.05) is 119 Å². The number of halogens is 5. The van der Waals surface area contributed by atoms with Gasteiger partial charge in [0.05, 0.1) is 45.0 Å². The van der Waals surface area contributed by atoms with Crippen molar-refractivity contribution in [2.24, 2.45) is 22.9 Å². The maximum absolute atomic E-state index is 11.8. The fourth-order valence-corrected chi connectivity index (χ4v) is 7.88. The van der Waals surface area contributed by atoms with E-state index in [4.69, 9.17) is 96.1 Å². The van der Waals surface area contributed by atoms with Gasteiger partial charge in [-0.2, -0.15) is 0 Å². The van der Waals surface area contributed by atoms with E-state index < -0.39 is 101 Å². The first-order valence-corrected chi connectivity index (χ1v) is 33.0. The summed E-state index contributed by atoms with van der Waals surface area (Å²) in [6.45, 7) is 24.0. The molecule has 0 aliphatic rings. The van der Waals surface area contributed by atoms with E-state index in [2.05, 4.69) is 21.3 Å². The Kier molecular flexibility index (Phi) is 102. The van der Waals surface area contributed by atoms with Crippen LogP contribution in [0, 0.1) is 0 Å². The molecule has 0 heterocycles. The Labute approximate surface area is 1120 Å². The number of aromatic hydroxyl groups is 6. The Bertz CT molecular complexity index is 4960. The zero-order valence-corrected chi connectivity index (χ0v) is 112. The number of benzene rings is 6. The molecule has 0 radical (unpaired) electrons. The van der Waals surface area contributed by atoms with Gasteiger partial charge in [-0.1, -0.05) is 205 Å². The number of anilines is 10. The second-order valence-electron chi connectivity index (χ2n) is 18.3. The normalized spacial score (nSPS) is 8.48. The number of nitrogens with two attached hydrogens (primary N) is 6. The van der Waals surface area contributed by atoms with E-state index in [1.54, 1.807) is 30.3 Å². The van der Waals surface area contributed by atoms with E-state index in [0.717, 1.165) is 5.69 Å². The van der Waals surface area contributed by atoms with Crippen LogP contribution in [-0.4, -0.2) is 54.3 Å². The van der Waals surface area contributed by atoms with Crippen LogP contribution in [0.5, 0.6) is 34.5 Å². The number of phenols is 4. The predicted molar refractivity (Wildman–Crippen MR) is 457 cm³/mol. The van der Waals surface area contributed by atoms with E-state index in [9.17, 15) is 82.4 Å². The minimum Gasteiger partial charge on any atom is -1.00 e. The molecule has 606 valence electrons. The smallest absolute Gasteiger partial charge is 1.00 e. The van der Waals surface area contributed by atoms with Crippen LogP contribution in [0.15, 0.2) is 181 Å². The summed E-state index contributed by atoms with van der Waals surface area (Å²) in [4.78, 5) is 152. The second kappa shape index (κ2) is 80.6. The van der Waals surface area contributed by atoms with Crippen LogP contribution in [0.3, 0.4) is 0 Å². The predicted octanol–water partition coefficient (Wildman–Crippen LogP) is -11.9. The monoisotopic (exact) mass is 2390 g/mol. The number of nitrogens with one attached hydrogen (secondary N) is 4. The number of carbonyl (C=O) groups excluding carboxylic acids is 4. The van der Waals surface area contributed by atoms with Gasteiger partial charge in [-0.3, -0.25) is 67.1 Å². The molecule has 11 aromatic carbocycles. The van der Waals surface area contributed by atoms with Gasteiger partial charge in [0.1, 0.15) is 42.8 Å². The Morgan fingerprint density at radius 1 is 0.282 bits per heavy atom. The van der Waals surface area contributed by atoms with Crippen molar-refractivity contribution < 1.29 is 527 Å². The van der Waals surface area contributed by atoms with Crippen molar-refractivity contribution in [3.05, 3.63) is 278 Å². The van der Waals surface area contributed by atoms with Gasteiger partial charge in [0.15, 0.2) is 23.0 Å². The Morgan fingerprint density at radius 3 is 0.726 bits per heavy atom. The van der Waals surface area contributed by atoms with Crippen LogP contribution >= 0.6 is 70.4 Å². The van der Waals surface area contributed by atoms with Crippen molar-refractivity contribution >= 4 is 151 Å². The van der Waals surface area contributed by atoms with Crippen LogP contribution in [0.1, 0.15) is 151 Å². The SMILES string of the molecule is C.C.CC.CC.CC.CC.CC.CC.I.NC(=O)c1cccc(N)c1O.NC(=O)c1cccc(Nc2c(Cl)c(=O)c2=O)c1O.NC(=O)c1cccc(Nc2c(Cl)c(=O)c2=O)c1O.NC(=O)c1cccc(Nc2c(Nc3ccccc3)c(=O)c2=O)c1O.Nc1ccccc1.O=c1c(Cl)c(Cl)c1=O.O=c1c(O)c(O)c1=O.[H-].[H-].[H-].[H-].[H-].[H-].[H-].[H-].[Rb+].[Rb+].[Rb+].[Rb+].[Rb+].[Rb+].[Rb+].[Rb+]. The Balaban J connectivity index is -0.0000000522. The molecule has 30 nitrogen and oxygen atoms in total. The molecule has 0 unspecified atom stereocenters. The van der Waals surface area contributed by atoms with Gasteiger partial charge >= 0.3 is 465 Å². The number of carbonyl (C=O) groups is 4. The quantitative estimate of drug-likeness (QED) is 0.0234. The third kappa shape index (κ3) is 46.3. The fourth-order valence-electron chi connectivity index (χ4n) is 7.10. The van der Waals surface area contributed by atoms with Gasteiger partial charge in [0.25, 0.3) is 56.2 Å². The maximum Gasteiger partial charge on any atom is 1.00 e. The van der Waals surface area contributed by atoms with E-state index in [-0.39, 0.29) is 615 Å². The zero-order valence-electron chi connectivity index (χ0n) is 75.5. The summed E-state index contributed by atoms with van der Waals surface area (Å²) in [5, 5.41) is 64.9. The van der Waals surface area contributed by atoms with Crippen molar-refractivity contribution in [1.29, 1.82) is 0 Å². The van der Waals surface area contributed by atoms with Crippen molar-refractivity contribution in [1.82, 2.24) is 0 Å². The molecular formula is C74H97Cl4IN10O20Rb8. The van der Waals surface area contributed by atoms with Crippen LogP contribution in [0.2, 0.25) is 20.1 Å². The average molecular weight is 2400 g/mol. The molecule has 22 N–H and O–H groups in total. The van der Waals surface area contributed by atoms with Crippen molar-refractivity contribution in [3.8, 4) is 34.5 Å². The minimum atomic E-state index is -1.01. The molecule has 11 rings (SSSR count). The molecule has 0 saturated carbocycles. The molecule has 0 aromatic heterocycles. The summed E-state index contributed by atoms with van der Waals surface area (Å²) in [6.07, 6.45) is 0. The molecule has 0 aliphatic carbocycles. The van der Waals surface area contributed by atoms with Gasteiger partial charge in [-0.15, -0.1) is 24.0 Å². The largest absolute Gasteiger partial charge is 1.00 e. The van der Waals surface area contributed by atoms with Crippen LogP contribution in [-0.2, 0) is 0 Å². The van der Waals surface area contributed by atoms with Crippen molar-refractivity contribution in [2.75, 3.05) is 32.7 Å². The minimum absolute atomic E-state index is 0.